The van der Waals surface area contributed by atoms with Gasteiger partial charge in [-0.1, -0.05) is 55.5 Å². The molecule has 1 amide bonds. The summed E-state index contributed by atoms with van der Waals surface area (Å²) >= 11 is 0. The molecule has 45 heavy (non-hydrogen) atoms. The fraction of sp³-hybridized carbons (Fsp3) is 0.472. The van der Waals surface area contributed by atoms with Crippen LogP contribution in [0.2, 0.25) is 18.6 Å². The summed E-state index contributed by atoms with van der Waals surface area (Å²) in [6, 6.07) is 24.8. The summed E-state index contributed by atoms with van der Waals surface area (Å²) in [5.74, 6) is 1.81. The third-order valence-electron chi connectivity index (χ3n) is 10.7. The molecule has 1 unspecified atom stereocenters. The van der Waals surface area contributed by atoms with Gasteiger partial charge in [-0.05, 0) is 80.4 Å². The number of hydrogen-bond acceptors (Lipinski definition) is 7. The van der Waals surface area contributed by atoms with Gasteiger partial charge in [-0.25, -0.2) is 0 Å². The molecule has 4 atom stereocenters. The van der Waals surface area contributed by atoms with Gasteiger partial charge in [0.2, 0.25) is 0 Å². The number of methoxy groups -OCH3 is 2. The zero-order valence-electron chi connectivity index (χ0n) is 27.2. The molecule has 3 aliphatic heterocycles. The molecule has 2 N–H and O–H groups in total. The highest BCUT2D eigenvalue weighted by Crippen LogP contribution is 2.49. The first-order chi connectivity index (χ1) is 21.7. The number of carbonyl (C=O) groups is 1. The molecule has 3 aromatic rings. The summed E-state index contributed by atoms with van der Waals surface area (Å²) in [6.07, 6.45) is 1.84. The molecule has 240 valence electrons. The molecular weight excluding hydrogens is 582 g/mol. The highest BCUT2D eigenvalue weighted by Gasteiger charge is 2.54. The number of carbonyl (C=O) groups excluding carboxylic acids is 1. The van der Waals surface area contributed by atoms with Crippen molar-refractivity contribution >= 4 is 30.5 Å². The Hall–Kier alpha value is -3.37. The van der Waals surface area contributed by atoms with Crippen LogP contribution in [0.3, 0.4) is 0 Å². The van der Waals surface area contributed by atoms with Gasteiger partial charge in [-0.2, -0.15) is 0 Å². The lowest BCUT2D eigenvalue weighted by atomic mass is 9.85. The normalized spacial score (nSPS) is 23.5. The Morgan fingerprint density at radius 1 is 1.02 bits per heavy atom. The monoisotopic (exact) mass is 629 g/mol. The number of benzene rings is 3. The number of fused-ring (bicyclic) bond motifs is 1. The Bertz CT molecular complexity index is 1480. The number of aliphatic hydroxyl groups is 1. The molecule has 9 heteroatoms. The van der Waals surface area contributed by atoms with Gasteiger partial charge in [0, 0.05) is 36.6 Å². The first kappa shape index (κ1) is 31.6. The van der Waals surface area contributed by atoms with E-state index in [4.69, 9.17) is 14.2 Å². The first-order valence-corrected chi connectivity index (χ1v) is 19.3. The SMILES string of the molecule is COc1ccc([Si](C)(C)C(CCO)[C@@H]2Oc3ccc(N4CN(c5ccccc5)C5(CCNCC5)C4=O)cc3[C@H](OC)[C@H]2C)cc1. The molecule has 0 radical (unpaired) electrons. The van der Waals surface area contributed by atoms with E-state index in [2.05, 4.69) is 60.6 Å². The molecule has 3 aromatic carbocycles. The largest absolute Gasteiger partial charge is 0.497 e. The number of nitrogens with zero attached hydrogens (tertiary/aromatic N) is 2. The number of piperidine rings is 1. The molecule has 2 saturated heterocycles. The zero-order chi connectivity index (χ0) is 31.8. The van der Waals surface area contributed by atoms with Crippen molar-refractivity contribution in [3.05, 3.63) is 78.4 Å². The molecule has 3 heterocycles. The smallest absolute Gasteiger partial charge is 0.254 e. The average molecular weight is 630 g/mol. The van der Waals surface area contributed by atoms with Crippen molar-refractivity contribution < 1.29 is 24.1 Å². The second-order valence-corrected chi connectivity index (χ2v) is 18.1. The predicted molar refractivity (Wildman–Crippen MR) is 181 cm³/mol. The van der Waals surface area contributed by atoms with E-state index in [-0.39, 0.29) is 36.2 Å². The molecule has 0 aliphatic carbocycles. The van der Waals surface area contributed by atoms with Crippen LogP contribution in [0, 0.1) is 5.92 Å². The molecule has 0 aromatic heterocycles. The molecule has 8 nitrogen and oxygen atoms in total. The van der Waals surface area contributed by atoms with Crippen LogP contribution >= 0.6 is 0 Å². The van der Waals surface area contributed by atoms with E-state index in [1.54, 1.807) is 14.2 Å². The average Bonchev–Trinajstić information content (AvgIpc) is 3.34. The number of ether oxygens (including phenoxy) is 3. The fourth-order valence-corrected chi connectivity index (χ4v) is 11.5. The lowest BCUT2D eigenvalue weighted by molar-refractivity contribution is -0.122. The first-order valence-electron chi connectivity index (χ1n) is 16.2. The van der Waals surface area contributed by atoms with E-state index < -0.39 is 13.6 Å². The van der Waals surface area contributed by atoms with Crippen molar-refractivity contribution in [1.29, 1.82) is 0 Å². The van der Waals surface area contributed by atoms with Crippen LogP contribution in [0.15, 0.2) is 72.8 Å². The highest BCUT2D eigenvalue weighted by atomic mass is 28.3. The molecular formula is C36H47N3O5Si. The van der Waals surface area contributed by atoms with E-state index in [0.717, 1.165) is 54.4 Å². The second-order valence-electron chi connectivity index (χ2n) is 13.3. The van der Waals surface area contributed by atoms with Crippen molar-refractivity contribution in [1.82, 2.24) is 5.32 Å². The number of rotatable bonds is 9. The van der Waals surface area contributed by atoms with Gasteiger partial charge in [-0.3, -0.25) is 9.69 Å². The molecule has 1 spiro atoms. The zero-order valence-corrected chi connectivity index (χ0v) is 28.2. The fourth-order valence-electron chi connectivity index (χ4n) is 8.01. The third-order valence-corrected chi connectivity index (χ3v) is 15.0. The van der Waals surface area contributed by atoms with Gasteiger partial charge in [-0.15, -0.1) is 0 Å². The van der Waals surface area contributed by atoms with E-state index in [1.807, 2.05) is 47.4 Å². The van der Waals surface area contributed by atoms with Gasteiger partial charge < -0.3 is 29.5 Å². The van der Waals surface area contributed by atoms with E-state index in [9.17, 15) is 9.90 Å². The summed E-state index contributed by atoms with van der Waals surface area (Å²) in [5.41, 5.74) is 2.49. The lowest BCUT2D eigenvalue weighted by Gasteiger charge is -2.46. The maximum absolute atomic E-state index is 14.3. The Morgan fingerprint density at radius 3 is 2.38 bits per heavy atom. The summed E-state index contributed by atoms with van der Waals surface area (Å²) in [5, 5.41) is 15.0. The summed E-state index contributed by atoms with van der Waals surface area (Å²) < 4.78 is 18.5. The van der Waals surface area contributed by atoms with Crippen LogP contribution in [0.5, 0.6) is 11.5 Å². The Labute approximate surface area is 268 Å². The topological polar surface area (TPSA) is 83.5 Å². The molecule has 0 bridgehead atoms. The molecule has 3 aliphatic rings. The molecule has 6 rings (SSSR count). The van der Waals surface area contributed by atoms with Gasteiger partial charge in [0.25, 0.3) is 5.91 Å². The summed E-state index contributed by atoms with van der Waals surface area (Å²) in [4.78, 5) is 18.6. The van der Waals surface area contributed by atoms with Crippen LogP contribution in [0.4, 0.5) is 11.4 Å². The van der Waals surface area contributed by atoms with E-state index in [1.165, 1.54) is 5.19 Å². The number of amides is 1. The van der Waals surface area contributed by atoms with Crippen LogP contribution in [0.25, 0.3) is 0 Å². The Balaban J connectivity index is 1.32. The Morgan fingerprint density at radius 2 is 1.73 bits per heavy atom. The number of anilines is 2. The number of nitrogens with one attached hydrogen (secondary N) is 1. The van der Waals surface area contributed by atoms with Crippen LogP contribution in [0.1, 0.15) is 37.9 Å². The Kier molecular flexibility index (Phi) is 8.98. The highest BCUT2D eigenvalue weighted by molar-refractivity contribution is 6.91. The number of para-hydroxylation sites is 1. The maximum atomic E-state index is 14.3. The maximum Gasteiger partial charge on any atom is 0.254 e. The summed E-state index contributed by atoms with van der Waals surface area (Å²) in [7, 11) is 1.32. The molecule has 0 saturated carbocycles. The lowest BCUT2D eigenvalue weighted by Crippen LogP contribution is -2.55. The minimum atomic E-state index is -2.12. The van der Waals surface area contributed by atoms with Crippen molar-refractivity contribution in [2.24, 2.45) is 5.92 Å². The predicted octanol–water partition coefficient (Wildman–Crippen LogP) is 5.08. The van der Waals surface area contributed by atoms with Crippen molar-refractivity contribution in [2.75, 3.05) is 50.4 Å². The van der Waals surface area contributed by atoms with Crippen LogP contribution in [-0.2, 0) is 9.53 Å². The van der Waals surface area contributed by atoms with Crippen LogP contribution in [-0.4, -0.2) is 71.3 Å². The minimum Gasteiger partial charge on any atom is -0.497 e. The van der Waals surface area contributed by atoms with Gasteiger partial charge >= 0.3 is 0 Å². The van der Waals surface area contributed by atoms with Crippen molar-refractivity contribution in [3.8, 4) is 11.5 Å². The van der Waals surface area contributed by atoms with Gasteiger partial charge in [0.1, 0.15) is 23.1 Å². The summed E-state index contributed by atoms with van der Waals surface area (Å²) in [6.45, 7) is 9.14. The van der Waals surface area contributed by atoms with E-state index in [0.29, 0.717) is 13.1 Å². The standard InChI is InChI=1S/C36H47N3O5Si/c1-25-33(43-3)30-23-27(38-24-39(26-9-7-6-8-10-26)36(35(38)41)18-20-37-21-19-36)11-16-31(30)44-34(25)32(17-22-40)45(4,5)29-14-12-28(42-2)13-15-29/h6-16,23,25,32-34,37,40H,17-22,24H2,1-5H3/t25-,32?,33-,34-/m1/s1. The second kappa shape index (κ2) is 12.8. The van der Waals surface area contributed by atoms with Crippen molar-refractivity contribution in [3.63, 3.8) is 0 Å². The van der Waals surface area contributed by atoms with Gasteiger partial charge in [0.05, 0.1) is 28.0 Å². The molecule has 2 fully saturated rings. The van der Waals surface area contributed by atoms with Gasteiger partial charge in [0.15, 0.2) is 0 Å². The van der Waals surface area contributed by atoms with Crippen LogP contribution < -0.4 is 29.8 Å². The quantitative estimate of drug-likeness (QED) is 0.320. The van der Waals surface area contributed by atoms with Crippen molar-refractivity contribution in [2.45, 2.75) is 62.6 Å². The third kappa shape index (κ3) is 5.54. The minimum absolute atomic E-state index is 0.0326. The van der Waals surface area contributed by atoms with E-state index >= 15 is 0 Å². The number of hydrogen-bond donors (Lipinski definition) is 2. The number of aliphatic hydroxyl groups excluding tert-OH is 1.